The number of ether oxygens (including phenoxy) is 1. The van der Waals surface area contributed by atoms with Crippen molar-refractivity contribution < 1.29 is 4.74 Å². The number of allylic oxidation sites excluding steroid dienone is 1. The molecule has 1 nitrogen and oxygen atoms in total. The second kappa shape index (κ2) is 5.20. The summed E-state index contributed by atoms with van der Waals surface area (Å²) in [6.07, 6.45) is 2.99. The summed E-state index contributed by atoms with van der Waals surface area (Å²) < 4.78 is 6.17. The molecular weight excluding hydrogens is 240 g/mol. The molecular formula is C12H15BrO. The minimum atomic E-state index is 0.510. The maximum absolute atomic E-state index is 5.16. The minimum Gasteiger partial charge on any atom is -0.496 e. The van der Waals surface area contributed by atoms with Crippen LogP contribution in [0.5, 0.6) is 5.75 Å². The molecule has 0 amide bonds. The van der Waals surface area contributed by atoms with Crippen LogP contribution in [0.25, 0.3) is 0 Å². The highest BCUT2D eigenvalue weighted by Gasteiger charge is 2.03. The largest absolute Gasteiger partial charge is 0.496 e. The van der Waals surface area contributed by atoms with Gasteiger partial charge in [-0.3, -0.25) is 0 Å². The Labute approximate surface area is 93.9 Å². The molecule has 0 aliphatic carbocycles. The summed E-state index contributed by atoms with van der Waals surface area (Å²) in [5, 5.41) is 0. The SMILES string of the molecule is C=CC(C)Cc1ccc(OC)c(Br)c1. The van der Waals surface area contributed by atoms with Crippen molar-refractivity contribution in [2.45, 2.75) is 13.3 Å². The molecule has 0 saturated heterocycles. The van der Waals surface area contributed by atoms with Crippen LogP contribution in [-0.2, 0) is 6.42 Å². The molecule has 0 aliphatic rings. The number of methoxy groups -OCH3 is 1. The van der Waals surface area contributed by atoms with Crippen molar-refractivity contribution in [2.24, 2.45) is 5.92 Å². The molecule has 0 N–H and O–H groups in total. The fourth-order valence-corrected chi connectivity index (χ4v) is 1.88. The molecule has 0 saturated carbocycles. The van der Waals surface area contributed by atoms with Crippen LogP contribution in [0.4, 0.5) is 0 Å². The van der Waals surface area contributed by atoms with E-state index >= 15 is 0 Å². The molecule has 0 aromatic heterocycles. The predicted molar refractivity (Wildman–Crippen MR) is 63.8 cm³/mol. The molecule has 0 heterocycles. The Hall–Kier alpha value is -0.760. The van der Waals surface area contributed by atoms with E-state index in [0.29, 0.717) is 5.92 Å². The maximum atomic E-state index is 5.16. The first-order chi connectivity index (χ1) is 6.67. The first-order valence-corrected chi connectivity index (χ1v) is 5.41. The molecule has 0 aliphatic heterocycles. The highest BCUT2D eigenvalue weighted by atomic mass is 79.9. The van der Waals surface area contributed by atoms with Gasteiger partial charge in [-0.05, 0) is 46.0 Å². The van der Waals surface area contributed by atoms with E-state index in [0.717, 1.165) is 16.6 Å². The van der Waals surface area contributed by atoms with E-state index in [2.05, 4.69) is 41.6 Å². The van der Waals surface area contributed by atoms with Gasteiger partial charge in [-0.1, -0.05) is 19.1 Å². The Morgan fingerprint density at radius 3 is 2.79 bits per heavy atom. The van der Waals surface area contributed by atoms with E-state index < -0.39 is 0 Å². The summed E-state index contributed by atoms with van der Waals surface area (Å²) in [5.74, 6) is 1.38. The lowest BCUT2D eigenvalue weighted by molar-refractivity contribution is 0.412. The molecule has 0 bridgehead atoms. The first kappa shape index (κ1) is 11.3. The number of hydrogen-bond donors (Lipinski definition) is 0. The Morgan fingerprint density at radius 2 is 2.29 bits per heavy atom. The minimum absolute atomic E-state index is 0.510. The molecule has 1 atom stereocenters. The van der Waals surface area contributed by atoms with Gasteiger partial charge in [0.15, 0.2) is 0 Å². The summed E-state index contributed by atoms with van der Waals surface area (Å²) in [4.78, 5) is 0. The Balaban J connectivity index is 2.80. The van der Waals surface area contributed by atoms with Crippen LogP contribution in [0.2, 0.25) is 0 Å². The van der Waals surface area contributed by atoms with Crippen LogP contribution in [0.1, 0.15) is 12.5 Å². The van der Waals surface area contributed by atoms with E-state index in [1.165, 1.54) is 5.56 Å². The molecule has 0 radical (unpaired) electrons. The van der Waals surface area contributed by atoms with Gasteiger partial charge in [0.25, 0.3) is 0 Å². The van der Waals surface area contributed by atoms with Crippen LogP contribution in [0.15, 0.2) is 35.3 Å². The second-order valence-corrected chi connectivity index (χ2v) is 4.24. The number of halogens is 1. The van der Waals surface area contributed by atoms with E-state index in [1.807, 2.05) is 12.1 Å². The van der Waals surface area contributed by atoms with Crippen molar-refractivity contribution in [3.8, 4) is 5.75 Å². The Morgan fingerprint density at radius 1 is 1.57 bits per heavy atom. The van der Waals surface area contributed by atoms with Crippen molar-refractivity contribution in [1.29, 1.82) is 0 Å². The monoisotopic (exact) mass is 254 g/mol. The zero-order valence-electron chi connectivity index (χ0n) is 8.59. The normalized spacial score (nSPS) is 12.2. The summed E-state index contributed by atoms with van der Waals surface area (Å²) in [6, 6.07) is 6.16. The molecule has 0 spiro atoms. The van der Waals surface area contributed by atoms with Crippen LogP contribution in [0, 0.1) is 5.92 Å². The van der Waals surface area contributed by atoms with Crippen molar-refractivity contribution in [1.82, 2.24) is 0 Å². The summed E-state index contributed by atoms with van der Waals surface area (Å²) in [7, 11) is 1.67. The average Bonchev–Trinajstić information content (AvgIpc) is 2.18. The standard InChI is InChI=1S/C12H15BrO/c1-4-9(2)7-10-5-6-12(14-3)11(13)8-10/h4-6,8-9H,1,7H2,2-3H3. The molecule has 1 aromatic carbocycles. The molecule has 1 rings (SSSR count). The van der Waals surface area contributed by atoms with E-state index in [-0.39, 0.29) is 0 Å². The van der Waals surface area contributed by atoms with Crippen molar-refractivity contribution in [2.75, 3.05) is 7.11 Å². The molecule has 1 unspecified atom stereocenters. The summed E-state index contributed by atoms with van der Waals surface area (Å²) in [6.45, 7) is 5.93. The van der Waals surface area contributed by atoms with E-state index in [9.17, 15) is 0 Å². The number of hydrogen-bond acceptors (Lipinski definition) is 1. The summed E-state index contributed by atoms with van der Waals surface area (Å²) >= 11 is 3.47. The third kappa shape index (κ3) is 2.88. The lowest BCUT2D eigenvalue weighted by Crippen LogP contribution is -1.95. The van der Waals surface area contributed by atoms with E-state index in [1.54, 1.807) is 7.11 Å². The van der Waals surface area contributed by atoms with Gasteiger partial charge in [-0.15, -0.1) is 6.58 Å². The Kier molecular flexibility index (Phi) is 4.21. The fraction of sp³-hybridized carbons (Fsp3) is 0.333. The van der Waals surface area contributed by atoms with Crippen LogP contribution in [-0.4, -0.2) is 7.11 Å². The van der Waals surface area contributed by atoms with Crippen LogP contribution >= 0.6 is 15.9 Å². The average molecular weight is 255 g/mol. The lowest BCUT2D eigenvalue weighted by atomic mass is 10.0. The van der Waals surface area contributed by atoms with Gasteiger partial charge >= 0.3 is 0 Å². The molecule has 0 fully saturated rings. The third-order valence-electron chi connectivity index (χ3n) is 2.18. The van der Waals surface area contributed by atoms with Gasteiger partial charge in [0, 0.05) is 0 Å². The first-order valence-electron chi connectivity index (χ1n) is 4.62. The summed E-state index contributed by atoms with van der Waals surface area (Å²) in [5.41, 5.74) is 1.30. The van der Waals surface area contributed by atoms with Gasteiger partial charge in [0.1, 0.15) is 5.75 Å². The predicted octanol–water partition coefficient (Wildman–Crippen LogP) is 3.82. The number of benzene rings is 1. The smallest absolute Gasteiger partial charge is 0.133 e. The zero-order valence-corrected chi connectivity index (χ0v) is 10.2. The van der Waals surface area contributed by atoms with Gasteiger partial charge < -0.3 is 4.74 Å². The van der Waals surface area contributed by atoms with E-state index in [4.69, 9.17) is 4.74 Å². The van der Waals surface area contributed by atoms with Gasteiger partial charge in [-0.2, -0.15) is 0 Å². The van der Waals surface area contributed by atoms with Crippen molar-refractivity contribution in [3.63, 3.8) is 0 Å². The highest BCUT2D eigenvalue weighted by Crippen LogP contribution is 2.26. The molecule has 1 aromatic rings. The maximum Gasteiger partial charge on any atom is 0.133 e. The quantitative estimate of drug-likeness (QED) is 0.743. The second-order valence-electron chi connectivity index (χ2n) is 3.39. The Bertz CT molecular complexity index is 320. The molecule has 14 heavy (non-hydrogen) atoms. The van der Waals surface area contributed by atoms with Gasteiger partial charge in [0.2, 0.25) is 0 Å². The fourth-order valence-electron chi connectivity index (χ4n) is 1.29. The van der Waals surface area contributed by atoms with Gasteiger partial charge in [0.05, 0.1) is 11.6 Å². The zero-order chi connectivity index (χ0) is 10.6. The highest BCUT2D eigenvalue weighted by molar-refractivity contribution is 9.10. The number of rotatable bonds is 4. The van der Waals surface area contributed by atoms with Crippen LogP contribution in [0.3, 0.4) is 0 Å². The topological polar surface area (TPSA) is 9.23 Å². The third-order valence-corrected chi connectivity index (χ3v) is 2.80. The van der Waals surface area contributed by atoms with Crippen LogP contribution < -0.4 is 4.74 Å². The molecule has 76 valence electrons. The molecule has 2 heteroatoms. The van der Waals surface area contributed by atoms with Crippen molar-refractivity contribution >= 4 is 15.9 Å². The van der Waals surface area contributed by atoms with Crippen molar-refractivity contribution in [3.05, 3.63) is 40.9 Å². The van der Waals surface area contributed by atoms with Gasteiger partial charge in [-0.25, -0.2) is 0 Å². The lowest BCUT2D eigenvalue weighted by Gasteiger charge is -2.08.